The molecule has 6 nitrogen and oxygen atoms in total. The van der Waals surface area contributed by atoms with E-state index in [1.165, 1.54) is 26.4 Å². The average molecular weight is 346 g/mol. The Morgan fingerprint density at radius 1 is 1.08 bits per heavy atom. The minimum atomic E-state index is -1.08. The Kier molecular flexibility index (Phi) is 6.01. The number of carbonyl (C=O) groups excluding carboxylic acids is 1. The van der Waals surface area contributed by atoms with Crippen molar-refractivity contribution in [1.29, 1.82) is 0 Å². The lowest BCUT2D eigenvalue weighted by Gasteiger charge is -2.29. The Morgan fingerprint density at radius 2 is 1.68 bits per heavy atom. The molecule has 25 heavy (non-hydrogen) atoms. The second kappa shape index (κ2) is 8.00. The van der Waals surface area contributed by atoms with Crippen LogP contribution in [0.1, 0.15) is 12.0 Å². The van der Waals surface area contributed by atoms with Gasteiger partial charge in [0.2, 0.25) is 0 Å². The fourth-order valence-corrected chi connectivity index (χ4v) is 2.46. The van der Waals surface area contributed by atoms with Gasteiger partial charge < -0.3 is 24.1 Å². The van der Waals surface area contributed by atoms with E-state index in [1.807, 2.05) is 0 Å². The summed E-state index contributed by atoms with van der Waals surface area (Å²) in [6.07, 6.45) is 6.24. The molecule has 1 N–H and O–H groups in total. The lowest BCUT2D eigenvalue weighted by Crippen LogP contribution is -2.37. The van der Waals surface area contributed by atoms with Crippen LogP contribution in [0.5, 0.6) is 11.5 Å². The van der Waals surface area contributed by atoms with Crippen LogP contribution in [0.2, 0.25) is 0 Å². The van der Waals surface area contributed by atoms with Crippen molar-refractivity contribution in [1.82, 2.24) is 0 Å². The van der Waals surface area contributed by atoms with Crippen LogP contribution in [0.25, 0.3) is 6.08 Å². The van der Waals surface area contributed by atoms with Crippen LogP contribution < -0.4 is 9.47 Å². The Morgan fingerprint density at radius 3 is 2.16 bits per heavy atom. The van der Waals surface area contributed by atoms with Crippen molar-refractivity contribution in [3.63, 3.8) is 0 Å². The van der Waals surface area contributed by atoms with Crippen LogP contribution in [-0.2, 0) is 14.3 Å². The highest BCUT2D eigenvalue weighted by molar-refractivity contribution is 6.00. The molecular weight excluding hydrogens is 324 g/mol. The fraction of sp³-hybridized carbons (Fsp3) is 0.316. The number of rotatable bonds is 6. The molecular formula is C19H22O6. The van der Waals surface area contributed by atoms with Crippen LogP contribution >= 0.6 is 0 Å². The topological polar surface area (TPSA) is 74.2 Å². The smallest absolute Gasteiger partial charge is 0.194 e. The van der Waals surface area contributed by atoms with Gasteiger partial charge in [0.05, 0.1) is 26.2 Å². The van der Waals surface area contributed by atoms with E-state index in [0.717, 1.165) is 5.56 Å². The van der Waals surface area contributed by atoms with Crippen molar-refractivity contribution in [2.24, 2.45) is 0 Å². The molecule has 1 aromatic rings. The molecule has 1 aromatic carbocycles. The molecule has 0 spiro atoms. The molecule has 0 saturated carbocycles. The second-order valence-electron chi connectivity index (χ2n) is 5.43. The zero-order chi connectivity index (χ0) is 18.4. The number of aliphatic hydroxyl groups is 1. The van der Waals surface area contributed by atoms with Gasteiger partial charge in [-0.05, 0) is 35.9 Å². The van der Waals surface area contributed by atoms with Gasteiger partial charge in [-0.15, -0.1) is 0 Å². The summed E-state index contributed by atoms with van der Waals surface area (Å²) in [5.41, 5.74) is 0.967. The largest absolute Gasteiger partial charge is 0.507 e. The Labute approximate surface area is 147 Å². The summed E-state index contributed by atoms with van der Waals surface area (Å²) in [5.74, 6) is -0.222. The number of methoxy groups -OCH3 is 4. The van der Waals surface area contributed by atoms with E-state index in [-0.39, 0.29) is 23.5 Å². The number of ketones is 1. The van der Waals surface area contributed by atoms with Crippen LogP contribution in [-0.4, -0.2) is 45.1 Å². The van der Waals surface area contributed by atoms with Crippen molar-refractivity contribution >= 4 is 11.9 Å². The standard InChI is InChI=1S/C19H22O6/c1-22-14-9-13(10-15(11-14)23-2)5-6-17(20)16-7-8-19(24-3,25-4)12-18(16)21/h5-11,20H,12H2,1-4H3. The lowest BCUT2D eigenvalue weighted by atomic mass is 9.94. The third-order valence-electron chi connectivity index (χ3n) is 3.99. The maximum absolute atomic E-state index is 12.3. The van der Waals surface area contributed by atoms with E-state index in [9.17, 15) is 9.90 Å². The number of Topliss-reactive ketones (excluding diaryl/α,β-unsaturated/α-hetero) is 1. The molecule has 134 valence electrons. The van der Waals surface area contributed by atoms with Gasteiger partial charge >= 0.3 is 0 Å². The van der Waals surface area contributed by atoms with Gasteiger partial charge in [0.25, 0.3) is 0 Å². The normalized spacial score (nSPS) is 18.5. The predicted molar refractivity (Wildman–Crippen MR) is 93.7 cm³/mol. The van der Waals surface area contributed by atoms with Gasteiger partial charge in [-0.3, -0.25) is 4.79 Å². The first-order valence-electron chi connectivity index (χ1n) is 7.64. The summed E-state index contributed by atoms with van der Waals surface area (Å²) in [7, 11) is 6.05. The minimum absolute atomic E-state index is 0.00326. The second-order valence-corrected chi connectivity index (χ2v) is 5.43. The summed E-state index contributed by atoms with van der Waals surface area (Å²) >= 11 is 0. The third kappa shape index (κ3) is 4.29. The number of allylic oxidation sites excluding steroid dienone is 3. The Hall–Kier alpha value is -2.57. The monoisotopic (exact) mass is 346 g/mol. The fourth-order valence-electron chi connectivity index (χ4n) is 2.46. The molecule has 0 fully saturated rings. The minimum Gasteiger partial charge on any atom is -0.507 e. The molecule has 2 rings (SSSR count). The molecule has 0 bridgehead atoms. The van der Waals surface area contributed by atoms with Crippen molar-refractivity contribution in [2.75, 3.05) is 28.4 Å². The molecule has 1 aliphatic rings. The van der Waals surface area contributed by atoms with Gasteiger partial charge in [0.1, 0.15) is 17.3 Å². The maximum atomic E-state index is 12.3. The first kappa shape index (κ1) is 18.8. The third-order valence-corrected chi connectivity index (χ3v) is 3.99. The number of carbonyl (C=O) groups is 1. The predicted octanol–water partition coefficient (Wildman–Crippen LogP) is 3.05. The van der Waals surface area contributed by atoms with E-state index < -0.39 is 5.79 Å². The molecule has 1 aliphatic carbocycles. The number of hydrogen-bond acceptors (Lipinski definition) is 6. The quantitative estimate of drug-likeness (QED) is 0.485. The van der Waals surface area contributed by atoms with E-state index >= 15 is 0 Å². The number of hydrogen-bond donors (Lipinski definition) is 1. The Balaban J connectivity index is 2.29. The summed E-state index contributed by atoms with van der Waals surface area (Å²) in [6.45, 7) is 0. The van der Waals surface area contributed by atoms with E-state index in [1.54, 1.807) is 44.6 Å². The Bertz CT molecular complexity index is 703. The highest BCUT2D eigenvalue weighted by Gasteiger charge is 2.35. The molecule has 0 heterocycles. The summed E-state index contributed by atoms with van der Waals surface area (Å²) in [5, 5.41) is 10.3. The van der Waals surface area contributed by atoms with Crippen molar-refractivity contribution in [3.8, 4) is 11.5 Å². The maximum Gasteiger partial charge on any atom is 0.194 e. The van der Waals surface area contributed by atoms with E-state index in [0.29, 0.717) is 11.5 Å². The highest BCUT2D eigenvalue weighted by atomic mass is 16.7. The van der Waals surface area contributed by atoms with Crippen molar-refractivity contribution < 1.29 is 28.8 Å². The molecule has 0 radical (unpaired) electrons. The molecule has 0 aromatic heterocycles. The first-order valence-corrected chi connectivity index (χ1v) is 7.64. The van der Waals surface area contributed by atoms with Gasteiger partial charge in [0.15, 0.2) is 11.6 Å². The summed E-state index contributed by atoms with van der Waals surface area (Å²) in [4.78, 5) is 12.3. The summed E-state index contributed by atoms with van der Waals surface area (Å²) in [6, 6.07) is 5.32. The molecule has 0 atom stereocenters. The molecule has 0 aliphatic heterocycles. The summed E-state index contributed by atoms with van der Waals surface area (Å²) < 4.78 is 20.9. The van der Waals surface area contributed by atoms with E-state index in [4.69, 9.17) is 18.9 Å². The zero-order valence-electron chi connectivity index (χ0n) is 14.7. The van der Waals surface area contributed by atoms with Crippen molar-refractivity contribution in [2.45, 2.75) is 12.2 Å². The number of benzene rings is 1. The molecule has 0 amide bonds. The van der Waals surface area contributed by atoms with Crippen molar-refractivity contribution in [3.05, 3.63) is 53.3 Å². The molecule has 0 unspecified atom stereocenters. The van der Waals surface area contributed by atoms with Crippen LogP contribution in [0.3, 0.4) is 0 Å². The lowest BCUT2D eigenvalue weighted by molar-refractivity contribution is -0.178. The number of ether oxygens (including phenoxy) is 4. The first-order chi connectivity index (χ1) is 12.0. The van der Waals surface area contributed by atoms with Crippen LogP contribution in [0.15, 0.2) is 47.8 Å². The average Bonchev–Trinajstić information content (AvgIpc) is 2.65. The van der Waals surface area contributed by atoms with Gasteiger partial charge in [-0.25, -0.2) is 0 Å². The molecule has 6 heteroatoms. The highest BCUT2D eigenvalue weighted by Crippen LogP contribution is 2.28. The van der Waals surface area contributed by atoms with E-state index in [2.05, 4.69) is 0 Å². The molecule has 0 saturated heterocycles. The van der Waals surface area contributed by atoms with Gasteiger partial charge in [-0.2, -0.15) is 0 Å². The van der Waals surface area contributed by atoms with Crippen LogP contribution in [0, 0.1) is 0 Å². The zero-order valence-corrected chi connectivity index (χ0v) is 14.7. The van der Waals surface area contributed by atoms with Crippen LogP contribution in [0.4, 0.5) is 0 Å². The van der Waals surface area contributed by atoms with Gasteiger partial charge in [0, 0.05) is 20.3 Å². The number of aliphatic hydroxyl groups excluding tert-OH is 1. The SMILES string of the molecule is COc1cc(C=CC(O)=C2C=CC(OC)(OC)CC2=O)cc(OC)c1. The van der Waals surface area contributed by atoms with Gasteiger partial charge in [-0.1, -0.05) is 6.08 Å².